The van der Waals surface area contributed by atoms with Crippen molar-refractivity contribution in [1.29, 1.82) is 0 Å². The Labute approximate surface area is 89.7 Å². The molecule has 0 saturated heterocycles. The zero-order valence-electron chi connectivity index (χ0n) is 10.6. The highest BCUT2D eigenvalue weighted by Crippen LogP contribution is 1.88. The summed E-state index contributed by atoms with van der Waals surface area (Å²) in [6.45, 7) is 13.8. The van der Waals surface area contributed by atoms with Crippen LogP contribution in [0.1, 0.15) is 27.7 Å². The Balaban J connectivity index is 0. The van der Waals surface area contributed by atoms with E-state index in [1.54, 1.807) is 0 Å². The maximum Gasteiger partial charge on any atom is 0.0558 e. The summed E-state index contributed by atoms with van der Waals surface area (Å²) >= 11 is 0. The smallest absolute Gasteiger partial charge is 0.0558 e. The molecule has 0 rings (SSSR count). The van der Waals surface area contributed by atoms with Gasteiger partial charge in [0.15, 0.2) is 0 Å². The van der Waals surface area contributed by atoms with Crippen molar-refractivity contribution in [3.05, 3.63) is 0 Å². The van der Waals surface area contributed by atoms with Crippen LogP contribution in [0.5, 0.6) is 0 Å². The van der Waals surface area contributed by atoms with Gasteiger partial charge in [-0.1, -0.05) is 27.7 Å². The minimum absolute atomic E-state index is 0.259. The van der Waals surface area contributed by atoms with E-state index in [-0.39, 0.29) is 6.61 Å². The molecule has 0 fully saturated rings. The van der Waals surface area contributed by atoms with Gasteiger partial charge in [-0.15, -0.1) is 0 Å². The van der Waals surface area contributed by atoms with E-state index in [0.29, 0.717) is 0 Å². The van der Waals surface area contributed by atoms with Crippen LogP contribution in [0, 0.1) is 0 Å². The Morgan fingerprint density at radius 1 is 0.929 bits per heavy atom. The second kappa shape index (κ2) is 12.9. The van der Waals surface area contributed by atoms with Crippen LogP contribution in [0.25, 0.3) is 0 Å². The van der Waals surface area contributed by atoms with Gasteiger partial charge in [0.25, 0.3) is 0 Å². The van der Waals surface area contributed by atoms with E-state index in [9.17, 15) is 0 Å². The molecule has 3 nitrogen and oxygen atoms in total. The Kier molecular flexibility index (Phi) is 15.0. The molecule has 0 amide bonds. The molecule has 88 valence electrons. The number of hydrogen-bond acceptors (Lipinski definition) is 3. The van der Waals surface area contributed by atoms with Crippen LogP contribution in [0.15, 0.2) is 0 Å². The fraction of sp³-hybridized carbons (Fsp3) is 1.00. The Morgan fingerprint density at radius 3 is 1.79 bits per heavy atom. The van der Waals surface area contributed by atoms with Crippen molar-refractivity contribution in [2.24, 2.45) is 0 Å². The largest absolute Gasteiger partial charge is 0.395 e. The molecule has 0 radical (unpaired) electrons. The molecular weight excluding hydrogens is 176 g/mol. The lowest BCUT2D eigenvalue weighted by Gasteiger charge is -2.22. The fourth-order valence-electron chi connectivity index (χ4n) is 1.13. The first-order valence-electron chi connectivity index (χ1n) is 5.76. The third-order valence-electron chi connectivity index (χ3n) is 2.17. The highest BCUT2D eigenvalue weighted by molar-refractivity contribution is 4.56. The normalized spacial score (nSPS) is 10.3. The van der Waals surface area contributed by atoms with E-state index in [0.717, 1.165) is 32.7 Å². The van der Waals surface area contributed by atoms with Crippen LogP contribution >= 0.6 is 0 Å². The summed E-state index contributed by atoms with van der Waals surface area (Å²) in [6, 6.07) is 0. The van der Waals surface area contributed by atoms with Gasteiger partial charge in [0.05, 0.1) is 6.61 Å². The van der Waals surface area contributed by atoms with Crippen LogP contribution in [0.3, 0.4) is 0 Å². The summed E-state index contributed by atoms with van der Waals surface area (Å²) in [4.78, 5) is 4.53. The molecule has 0 atom stereocenters. The summed E-state index contributed by atoms with van der Waals surface area (Å²) in [5.41, 5.74) is 0. The van der Waals surface area contributed by atoms with E-state index >= 15 is 0 Å². The summed E-state index contributed by atoms with van der Waals surface area (Å²) < 4.78 is 0. The molecule has 0 bridgehead atoms. The maximum atomic E-state index is 8.66. The Hall–Kier alpha value is -0.120. The first kappa shape index (κ1) is 16.3. The van der Waals surface area contributed by atoms with Gasteiger partial charge in [-0.25, -0.2) is 0 Å². The van der Waals surface area contributed by atoms with E-state index in [1.807, 2.05) is 20.9 Å². The molecule has 0 aliphatic rings. The third kappa shape index (κ3) is 9.96. The standard InChI is InChI=1S/C9H22N2O.C2H6/c1-4-11(5-2)7-6-10(3)8-9-12;1-2/h12H,4-9H2,1-3H3;1-2H3. The molecule has 0 aromatic heterocycles. The highest BCUT2D eigenvalue weighted by atomic mass is 16.3. The van der Waals surface area contributed by atoms with Gasteiger partial charge < -0.3 is 14.9 Å². The zero-order chi connectivity index (χ0) is 11.4. The molecule has 3 heteroatoms. The molecule has 0 saturated carbocycles. The van der Waals surface area contributed by atoms with Crippen LogP contribution < -0.4 is 0 Å². The van der Waals surface area contributed by atoms with Gasteiger partial charge >= 0.3 is 0 Å². The molecular formula is C11H28N2O. The minimum Gasteiger partial charge on any atom is -0.395 e. The predicted octanol–water partition coefficient (Wildman–Crippen LogP) is 1.28. The van der Waals surface area contributed by atoms with Crippen molar-refractivity contribution in [2.45, 2.75) is 27.7 Å². The van der Waals surface area contributed by atoms with Crippen molar-refractivity contribution in [3.8, 4) is 0 Å². The van der Waals surface area contributed by atoms with Gasteiger partial charge in [-0.05, 0) is 20.1 Å². The van der Waals surface area contributed by atoms with Gasteiger partial charge in [-0.2, -0.15) is 0 Å². The SMILES string of the molecule is CC.CCN(CC)CCN(C)CCO. The molecule has 0 aromatic carbocycles. The van der Waals surface area contributed by atoms with Crippen molar-refractivity contribution in [2.75, 3.05) is 46.4 Å². The molecule has 1 N–H and O–H groups in total. The number of hydrogen-bond donors (Lipinski definition) is 1. The van der Waals surface area contributed by atoms with E-state index < -0.39 is 0 Å². The Bertz CT molecular complexity index is 95.3. The first-order valence-corrected chi connectivity index (χ1v) is 5.76. The molecule has 14 heavy (non-hydrogen) atoms. The molecule has 0 heterocycles. The first-order chi connectivity index (χ1) is 6.74. The molecule has 0 aliphatic heterocycles. The number of aliphatic hydroxyl groups is 1. The minimum atomic E-state index is 0.259. The summed E-state index contributed by atoms with van der Waals surface area (Å²) in [5, 5.41) is 8.66. The van der Waals surface area contributed by atoms with Crippen molar-refractivity contribution in [3.63, 3.8) is 0 Å². The molecule has 0 aliphatic carbocycles. The van der Waals surface area contributed by atoms with Crippen LogP contribution in [-0.2, 0) is 0 Å². The van der Waals surface area contributed by atoms with E-state index in [4.69, 9.17) is 5.11 Å². The number of rotatable bonds is 7. The quantitative estimate of drug-likeness (QED) is 0.677. The summed E-state index contributed by atoms with van der Waals surface area (Å²) in [5.74, 6) is 0. The van der Waals surface area contributed by atoms with Gasteiger partial charge in [0.1, 0.15) is 0 Å². The van der Waals surface area contributed by atoms with Gasteiger partial charge in [0, 0.05) is 19.6 Å². The lowest BCUT2D eigenvalue weighted by atomic mass is 10.4. The average Bonchev–Trinajstić information content (AvgIpc) is 2.23. The lowest BCUT2D eigenvalue weighted by molar-refractivity contribution is 0.196. The van der Waals surface area contributed by atoms with Crippen molar-refractivity contribution in [1.82, 2.24) is 9.80 Å². The van der Waals surface area contributed by atoms with Gasteiger partial charge in [-0.3, -0.25) is 0 Å². The summed E-state index contributed by atoms with van der Waals surface area (Å²) in [6.07, 6.45) is 0. The molecule has 0 aromatic rings. The molecule has 0 unspecified atom stereocenters. The second-order valence-electron chi connectivity index (χ2n) is 3.05. The number of nitrogens with zero attached hydrogens (tertiary/aromatic N) is 2. The lowest BCUT2D eigenvalue weighted by Crippen LogP contribution is -2.34. The molecule has 0 spiro atoms. The maximum absolute atomic E-state index is 8.66. The second-order valence-corrected chi connectivity index (χ2v) is 3.05. The van der Waals surface area contributed by atoms with Crippen LogP contribution in [0.2, 0.25) is 0 Å². The van der Waals surface area contributed by atoms with Crippen molar-refractivity contribution >= 4 is 0 Å². The fourth-order valence-corrected chi connectivity index (χ4v) is 1.13. The summed E-state index contributed by atoms with van der Waals surface area (Å²) in [7, 11) is 2.04. The zero-order valence-corrected chi connectivity index (χ0v) is 10.6. The topological polar surface area (TPSA) is 26.7 Å². The third-order valence-corrected chi connectivity index (χ3v) is 2.17. The number of likely N-dealkylation sites (N-methyl/N-ethyl adjacent to an activating group) is 2. The van der Waals surface area contributed by atoms with Crippen LogP contribution in [-0.4, -0.2) is 61.3 Å². The van der Waals surface area contributed by atoms with Gasteiger partial charge in [0.2, 0.25) is 0 Å². The Morgan fingerprint density at radius 2 is 1.43 bits per heavy atom. The average molecular weight is 204 g/mol. The predicted molar refractivity (Wildman–Crippen MR) is 63.7 cm³/mol. The van der Waals surface area contributed by atoms with Crippen molar-refractivity contribution < 1.29 is 5.11 Å². The van der Waals surface area contributed by atoms with E-state index in [2.05, 4.69) is 23.6 Å². The van der Waals surface area contributed by atoms with E-state index in [1.165, 1.54) is 0 Å². The highest BCUT2D eigenvalue weighted by Gasteiger charge is 2.01. The number of aliphatic hydroxyl groups excluding tert-OH is 1. The van der Waals surface area contributed by atoms with Crippen LogP contribution in [0.4, 0.5) is 0 Å². The monoisotopic (exact) mass is 204 g/mol.